The number of rotatable bonds is 2. The van der Waals surface area contributed by atoms with E-state index in [0.717, 1.165) is 0 Å². The fourth-order valence-corrected chi connectivity index (χ4v) is 0. The molecule has 0 aromatic heterocycles. The molecule has 72 valence electrons. The van der Waals surface area contributed by atoms with Gasteiger partial charge in [0.05, 0.1) is 0 Å². The van der Waals surface area contributed by atoms with Gasteiger partial charge < -0.3 is 10.2 Å². The molecular formula is C6H12O4Se2. The van der Waals surface area contributed by atoms with Crippen LogP contribution in [0.1, 0.15) is 26.7 Å². The molecule has 0 spiro atoms. The zero-order valence-electron chi connectivity index (χ0n) is 6.94. The number of carboxylic acid groups (broad SMARTS) is 2. The molecule has 6 heteroatoms. The molecular weight excluding hydrogens is 294 g/mol. The van der Waals surface area contributed by atoms with Crippen molar-refractivity contribution in [2.24, 2.45) is 0 Å². The van der Waals surface area contributed by atoms with Crippen LogP contribution >= 0.6 is 0 Å². The molecule has 12 heavy (non-hydrogen) atoms. The Morgan fingerprint density at radius 3 is 1.08 bits per heavy atom. The van der Waals surface area contributed by atoms with Crippen LogP contribution in [-0.2, 0) is 9.59 Å². The van der Waals surface area contributed by atoms with Crippen molar-refractivity contribution in [3.8, 4) is 0 Å². The molecule has 0 fully saturated rings. The first-order valence-corrected chi connectivity index (χ1v) is 7.48. The minimum atomic E-state index is -0.745. The molecule has 0 bridgehead atoms. The molecule has 0 atom stereocenters. The number of hydrogen-bond donors (Lipinski definition) is 2. The van der Waals surface area contributed by atoms with Gasteiger partial charge in [-0.15, -0.1) is 0 Å². The maximum atomic E-state index is 9.37. The van der Waals surface area contributed by atoms with Crippen molar-refractivity contribution in [3.63, 3.8) is 0 Å². The molecule has 2 N–H and O–H groups in total. The summed E-state index contributed by atoms with van der Waals surface area (Å²) in [6, 6.07) is 0. The molecule has 4 nitrogen and oxygen atoms in total. The average Bonchev–Trinajstić information content (AvgIpc) is 2.09. The van der Waals surface area contributed by atoms with Gasteiger partial charge in [0.2, 0.25) is 0 Å². The summed E-state index contributed by atoms with van der Waals surface area (Å²) in [7, 11) is 0. The first-order valence-electron chi connectivity index (χ1n) is 3.14. The SMILES string of the molecule is CCC(=O)O.CCC(=O)O.[Se]=[Se]. The van der Waals surface area contributed by atoms with Gasteiger partial charge in [0, 0.05) is 12.8 Å². The van der Waals surface area contributed by atoms with Crippen molar-refractivity contribution in [3.05, 3.63) is 0 Å². The Labute approximate surface area is 85.8 Å². The summed E-state index contributed by atoms with van der Waals surface area (Å²) in [5.74, 6) is -1.49. The predicted molar refractivity (Wildman–Crippen MR) is 47.4 cm³/mol. The second-order valence-electron chi connectivity index (χ2n) is 1.49. The molecule has 0 radical (unpaired) electrons. The second-order valence-corrected chi connectivity index (χ2v) is 1.49. The Morgan fingerprint density at radius 2 is 1.08 bits per heavy atom. The molecule has 0 aliphatic carbocycles. The molecule has 0 unspecified atom stereocenters. The average molecular weight is 306 g/mol. The molecule has 0 aromatic carbocycles. The van der Waals surface area contributed by atoms with Crippen molar-refractivity contribution in [1.29, 1.82) is 0 Å². The molecule has 0 aliphatic heterocycles. The van der Waals surface area contributed by atoms with Crippen LogP contribution < -0.4 is 0 Å². The van der Waals surface area contributed by atoms with Gasteiger partial charge in [0.25, 0.3) is 0 Å². The third-order valence-electron chi connectivity index (χ3n) is 0.605. The van der Waals surface area contributed by atoms with Crippen molar-refractivity contribution in [1.82, 2.24) is 0 Å². The molecule has 0 amide bonds. The van der Waals surface area contributed by atoms with E-state index in [1.807, 2.05) is 0 Å². The second kappa shape index (κ2) is 17.2. The molecule has 0 saturated carbocycles. The van der Waals surface area contributed by atoms with E-state index >= 15 is 0 Å². The van der Waals surface area contributed by atoms with Crippen molar-refractivity contribution < 1.29 is 19.8 Å². The van der Waals surface area contributed by atoms with Gasteiger partial charge in [-0.3, -0.25) is 9.59 Å². The van der Waals surface area contributed by atoms with Crippen molar-refractivity contribution in [2.75, 3.05) is 0 Å². The molecule has 0 aromatic rings. The van der Waals surface area contributed by atoms with E-state index in [9.17, 15) is 9.59 Å². The van der Waals surface area contributed by atoms with Gasteiger partial charge in [-0.1, -0.05) is 13.8 Å². The van der Waals surface area contributed by atoms with Gasteiger partial charge in [-0.25, -0.2) is 0 Å². The van der Waals surface area contributed by atoms with Crippen LogP contribution in [0.2, 0.25) is 0 Å². The van der Waals surface area contributed by atoms with Crippen LogP contribution in [0.15, 0.2) is 0 Å². The van der Waals surface area contributed by atoms with Crippen molar-refractivity contribution in [2.45, 2.75) is 26.7 Å². The van der Waals surface area contributed by atoms with E-state index < -0.39 is 11.9 Å². The topological polar surface area (TPSA) is 74.6 Å². The monoisotopic (exact) mass is 308 g/mol. The Bertz CT molecular complexity index is 113. The fourth-order valence-electron chi connectivity index (χ4n) is 0. The standard InChI is InChI=1S/2C3H6O2.Se2/c2*1-2-3(4)5;1-2/h2*2H2,1H3,(H,4,5);. The molecule has 0 saturated heterocycles. The first-order chi connectivity index (χ1) is 5.54. The third-order valence-corrected chi connectivity index (χ3v) is 0.605. The van der Waals surface area contributed by atoms with E-state index in [2.05, 4.69) is 27.3 Å². The van der Waals surface area contributed by atoms with Crippen LogP contribution in [0.5, 0.6) is 0 Å². The molecule has 0 aliphatic rings. The van der Waals surface area contributed by atoms with Crippen LogP contribution in [0.25, 0.3) is 0 Å². The van der Waals surface area contributed by atoms with Crippen LogP contribution in [0.3, 0.4) is 0 Å². The summed E-state index contributed by atoms with van der Waals surface area (Å²) in [5.41, 5.74) is 0. The van der Waals surface area contributed by atoms with Crippen LogP contribution in [0.4, 0.5) is 0 Å². The van der Waals surface area contributed by atoms with E-state index in [1.54, 1.807) is 13.8 Å². The van der Waals surface area contributed by atoms with Gasteiger partial charge in [0.1, 0.15) is 0 Å². The summed E-state index contributed by atoms with van der Waals surface area (Å²) in [6.45, 7) is 3.20. The quantitative estimate of drug-likeness (QED) is 0.715. The number of hydrogen-bond acceptors (Lipinski definition) is 2. The summed E-state index contributed by atoms with van der Waals surface area (Å²) in [6.07, 6.45) is 0.444. The predicted octanol–water partition coefficient (Wildman–Crippen LogP) is 0.200. The normalized spacial score (nSPS) is 6.50. The minimum absolute atomic E-state index is 0.222. The Kier molecular flexibility index (Phi) is 25.6. The Morgan fingerprint density at radius 1 is 1.00 bits per heavy atom. The summed E-state index contributed by atoms with van der Waals surface area (Å²) in [4.78, 5) is 18.7. The van der Waals surface area contributed by atoms with E-state index in [0.29, 0.717) is 0 Å². The van der Waals surface area contributed by atoms with E-state index in [4.69, 9.17) is 10.2 Å². The zero-order valence-corrected chi connectivity index (χ0v) is 10.4. The van der Waals surface area contributed by atoms with Gasteiger partial charge in [0.15, 0.2) is 0 Å². The molecule has 0 rings (SSSR count). The zero-order chi connectivity index (χ0) is 10.6. The van der Waals surface area contributed by atoms with Crippen LogP contribution in [-0.4, -0.2) is 49.5 Å². The fraction of sp³-hybridized carbons (Fsp3) is 0.667. The van der Waals surface area contributed by atoms with E-state index in [-0.39, 0.29) is 12.8 Å². The number of aliphatic carboxylic acids is 2. The molecule has 0 heterocycles. The van der Waals surface area contributed by atoms with Gasteiger partial charge >= 0.3 is 39.2 Å². The first kappa shape index (κ1) is 17.9. The number of carbonyl (C=O) groups is 2. The Balaban J connectivity index is -0.000000112. The summed E-state index contributed by atoms with van der Waals surface area (Å²) >= 11 is 5.00. The number of carboxylic acids is 2. The Hall–Kier alpha value is -0.0210. The van der Waals surface area contributed by atoms with Crippen LogP contribution in [0, 0.1) is 0 Å². The van der Waals surface area contributed by atoms with E-state index in [1.165, 1.54) is 0 Å². The summed E-state index contributed by atoms with van der Waals surface area (Å²) < 4.78 is 0. The van der Waals surface area contributed by atoms with Crippen molar-refractivity contribution >= 4 is 39.2 Å². The maximum absolute atomic E-state index is 9.37. The van der Waals surface area contributed by atoms with Gasteiger partial charge in [-0.2, -0.15) is 0 Å². The summed E-state index contributed by atoms with van der Waals surface area (Å²) in [5, 5.41) is 15.4. The van der Waals surface area contributed by atoms with Gasteiger partial charge in [-0.05, 0) is 0 Å². The third kappa shape index (κ3) is 50.8.